The number of rotatable bonds is 7. The second kappa shape index (κ2) is 7.91. The number of hydrogen-bond donors (Lipinski definition) is 2. The smallest absolute Gasteiger partial charge is 0.287 e. The molecule has 2 N–H and O–H groups in total. The molecule has 0 aromatic heterocycles. The van der Waals surface area contributed by atoms with Gasteiger partial charge < -0.3 is 10.6 Å². The molecule has 110 valence electrons. The van der Waals surface area contributed by atoms with Crippen LogP contribution in [0.3, 0.4) is 0 Å². The fraction of sp³-hybridized carbons (Fsp3) is 0.417. The van der Waals surface area contributed by atoms with Crippen LogP contribution in [-0.2, 0) is 0 Å². The molecular weight excluding hydrogens is 333 g/mol. The molecule has 0 spiro atoms. The summed E-state index contributed by atoms with van der Waals surface area (Å²) >= 11 is 2.97. The van der Waals surface area contributed by atoms with Crippen LogP contribution in [0.5, 0.6) is 0 Å². The highest BCUT2D eigenvalue weighted by atomic mass is 79.9. The van der Waals surface area contributed by atoms with Gasteiger partial charge in [0.2, 0.25) is 0 Å². The van der Waals surface area contributed by atoms with Crippen molar-refractivity contribution in [2.24, 2.45) is 0 Å². The van der Waals surface area contributed by atoms with Gasteiger partial charge in [-0.3, -0.25) is 14.9 Å². The molecule has 0 saturated carbocycles. The molecule has 1 amide bonds. The Hall–Kier alpha value is -1.54. The lowest BCUT2D eigenvalue weighted by Gasteiger charge is -2.08. The van der Waals surface area contributed by atoms with Crippen molar-refractivity contribution in [2.45, 2.75) is 13.3 Å². The molecule has 0 unspecified atom stereocenters. The lowest BCUT2D eigenvalue weighted by atomic mass is 10.2. The summed E-state index contributed by atoms with van der Waals surface area (Å²) in [4.78, 5) is 21.9. The predicted molar refractivity (Wildman–Crippen MR) is 76.2 cm³/mol. The topological polar surface area (TPSA) is 84.3 Å². The van der Waals surface area contributed by atoms with Gasteiger partial charge in [0.1, 0.15) is 10.3 Å². The third-order valence-corrected chi connectivity index (χ3v) is 3.31. The maximum atomic E-state index is 13.3. The Morgan fingerprint density at radius 2 is 2.10 bits per heavy atom. The lowest BCUT2D eigenvalue weighted by Crippen LogP contribution is -2.32. The van der Waals surface area contributed by atoms with Crippen molar-refractivity contribution in [1.82, 2.24) is 10.6 Å². The minimum absolute atomic E-state index is 0.0251. The van der Waals surface area contributed by atoms with Gasteiger partial charge in [-0.25, -0.2) is 4.39 Å². The van der Waals surface area contributed by atoms with Gasteiger partial charge in [0.25, 0.3) is 11.6 Å². The van der Waals surface area contributed by atoms with E-state index >= 15 is 0 Å². The molecule has 0 aliphatic rings. The van der Waals surface area contributed by atoms with Gasteiger partial charge in [0.15, 0.2) is 0 Å². The van der Waals surface area contributed by atoms with E-state index in [0.29, 0.717) is 13.1 Å². The van der Waals surface area contributed by atoms with E-state index in [-0.39, 0.29) is 10.0 Å². The molecule has 0 radical (unpaired) electrons. The van der Waals surface area contributed by atoms with Crippen LogP contribution in [0.2, 0.25) is 0 Å². The number of nitrogens with zero attached hydrogens (tertiary/aromatic N) is 1. The predicted octanol–water partition coefficient (Wildman–Crippen LogP) is 2.23. The Kier molecular flexibility index (Phi) is 6.53. The first-order valence-electron chi connectivity index (χ1n) is 6.09. The maximum Gasteiger partial charge on any atom is 0.287 e. The number of carbonyl (C=O) groups is 1. The van der Waals surface area contributed by atoms with Crippen molar-refractivity contribution in [3.05, 3.63) is 38.1 Å². The second-order valence-electron chi connectivity index (χ2n) is 4.05. The van der Waals surface area contributed by atoms with E-state index in [1.807, 2.05) is 6.92 Å². The monoisotopic (exact) mass is 347 g/mol. The summed E-state index contributed by atoms with van der Waals surface area (Å²) in [6, 6.07) is 1.73. The summed E-state index contributed by atoms with van der Waals surface area (Å²) in [6.07, 6.45) is 0.982. The fourth-order valence-electron chi connectivity index (χ4n) is 1.53. The van der Waals surface area contributed by atoms with Crippen molar-refractivity contribution in [3.8, 4) is 0 Å². The van der Waals surface area contributed by atoms with E-state index in [0.717, 1.165) is 25.1 Å². The average molecular weight is 348 g/mol. The van der Waals surface area contributed by atoms with E-state index in [2.05, 4.69) is 26.6 Å². The molecule has 0 fully saturated rings. The highest BCUT2D eigenvalue weighted by molar-refractivity contribution is 9.10. The standard InChI is InChI=1S/C12H15BrFN3O3/c1-2-3-15-4-5-16-12(18)9-6-8(14)7-10(11(9)13)17(19)20/h6-7,15H,2-5H2,1H3,(H,16,18). The number of nitro benzene ring substituents is 1. The van der Waals surface area contributed by atoms with Gasteiger partial charge in [0, 0.05) is 13.1 Å². The van der Waals surface area contributed by atoms with Crippen LogP contribution in [0.1, 0.15) is 23.7 Å². The second-order valence-corrected chi connectivity index (χ2v) is 4.84. The van der Waals surface area contributed by atoms with E-state index in [1.54, 1.807) is 0 Å². The van der Waals surface area contributed by atoms with Crippen molar-refractivity contribution >= 4 is 27.5 Å². The van der Waals surface area contributed by atoms with Gasteiger partial charge in [-0.2, -0.15) is 0 Å². The van der Waals surface area contributed by atoms with Gasteiger partial charge in [-0.15, -0.1) is 0 Å². The largest absolute Gasteiger partial charge is 0.351 e. The van der Waals surface area contributed by atoms with Crippen LogP contribution in [0.25, 0.3) is 0 Å². The van der Waals surface area contributed by atoms with Crippen LogP contribution in [0.4, 0.5) is 10.1 Å². The summed E-state index contributed by atoms with van der Waals surface area (Å²) in [5.74, 6) is -1.38. The fourth-order valence-corrected chi connectivity index (χ4v) is 2.09. The number of amides is 1. The number of nitro groups is 1. The summed E-state index contributed by atoms with van der Waals surface area (Å²) in [5.41, 5.74) is -0.563. The quantitative estimate of drug-likeness (QED) is 0.450. The zero-order valence-electron chi connectivity index (χ0n) is 10.9. The molecule has 20 heavy (non-hydrogen) atoms. The van der Waals surface area contributed by atoms with Crippen molar-refractivity contribution in [1.29, 1.82) is 0 Å². The van der Waals surface area contributed by atoms with Crippen molar-refractivity contribution < 1.29 is 14.1 Å². The molecule has 0 aliphatic carbocycles. The number of benzene rings is 1. The maximum absolute atomic E-state index is 13.3. The van der Waals surface area contributed by atoms with Crippen molar-refractivity contribution in [2.75, 3.05) is 19.6 Å². The summed E-state index contributed by atoms with van der Waals surface area (Å²) in [6.45, 7) is 3.80. The zero-order valence-corrected chi connectivity index (χ0v) is 12.5. The summed E-state index contributed by atoms with van der Waals surface area (Å²) < 4.78 is 13.3. The zero-order chi connectivity index (χ0) is 15.1. The number of halogens is 2. The van der Waals surface area contributed by atoms with E-state index in [1.165, 1.54) is 0 Å². The molecular formula is C12H15BrFN3O3. The Morgan fingerprint density at radius 1 is 1.40 bits per heavy atom. The van der Waals surface area contributed by atoms with Crippen LogP contribution >= 0.6 is 15.9 Å². The van der Waals surface area contributed by atoms with Crippen LogP contribution in [0.15, 0.2) is 16.6 Å². The molecule has 8 heteroatoms. The third kappa shape index (κ3) is 4.53. The highest BCUT2D eigenvalue weighted by Crippen LogP contribution is 2.29. The molecule has 0 aliphatic heterocycles. The Bertz CT molecular complexity index is 511. The normalized spacial score (nSPS) is 10.3. The first kappa shape index (κ1) is 16.5. The van der Waals surface area contributed by atoms with E-state index in [9.17, 15) is 19.3 Å². The van der Waals surface area contributed by atoms with Gasteiger partial charge >= 0.3 is 0 Å². The minimum Gasteiger partial charge on any atom is -0.351 e. The molecule has 1 aromatic rings. The van der Waals surface area contributed by atoms with Gasteiger partial charge in [-0.05, 0) is 35.0 Å². The SMILES string of the molecule is CCCNCCNC(=O)c1cc(F)cc([N+](=O)[O-])c1Br. The Labute approximate surface area is 124 Å². The average Bonchev–Trinajstić information content (AvgIpc) is 2.40. The van der Waals surface area contributed by atoms with Crippen LogP contribution in [0, 0.1) is 15.9 Å². The molecule has 0 saturated heterocycles. The first-order valence-corrected chi connectivity index (χ1v) is 6.89. The van der Waals surface area contributed by atoms with E-state index in [4.69, 9.17) is 0 Å². The first-order chi connectivity index (χ1) is 9.47. The number of carbonyl (C=O) groups excluding carboxylic acids is 1. The third-order valence-electron chi connectivity index (χ3n) is 2.47. The van der Waals surface area contributed by atoms with Gasteiger partial charge in [0.05, 0.1) is 16.6 Å². The van der Waals surface area contributed by atoms with Crippen LogP contribution in [-0.4, -0.2) is 30.5 Å². The number of nitrogens with one attached hydrogen (secondary N) is 2. The Morgan fingerprint density at radius 3 is 2.70 bits per heavy atom. The van der Waals surface area contributed by atoms with Crippen molar-refractivity contribution in [3.63, 3.8) is 0 Å². The minimum atomic E-state index is -0.825. The van der Waals surface area contributed by atoms with Crippen LogP contribution < -0.4 is 10.6 Å². The molecule has 1 rings (SSSR count). The molecule has 0 bridgehead atoms. The Balaban J connectivity index is 2.75. The molecule has 0 atom stereocenters. The molecule has 0 heterocycles. The molecule has 6 nitrogen and oxygen atoms in total. The molecule has 1 aromatic carbocycles. The van der Waals surface area contributed by atoms with Gasteiger partial charge in [-0.1, -0.05) is 6.92 Å². The van der Waals surface area contributed by atoms with E-state index < -0.39 is 22.3 Å². The highest BCUT2D eigenvalue weighted by Gasteiger charge is 2.21. The summed E-state index contributed by atoms with van der Waals surface area (Å²) in [5, 5.41) is 16.4. The lowest BCUT2D eigenvalue weighted by molar-refractivity contribution is -0.385. The number of hydrogen-bond acceptors (Lipinski definition) is 4. The summed E-state index contributed by atoms with van der Waals surface area (Å²) in [7, 11) is 0.